The van der Waals surface area contributed by atoms with E-state index in [1.54, 1.807) is 12.7 Å². The Morgan fingerprint density at radius 2 is 2.25 bits per heavy atom. The Kier molecular flexibility index (Phi) is 4.61. The van der Waals surface area contributed by atoms with Gasteiger partial charge in [0.2, 0.25) is 5.95 Å². The van der Waals surface area contributed by atoms with E-state index in [-0.39, 0.29) is 6.10 Å². The van der Waals surface area contributed by atoms with Crippen molar-refractivity contribution in [3.05, 3.63) is 35.7 Å². The monoisotopic (exact) mass is 384 g/mol. The van der Waals surface area contributed by atoms with E-state index in [9.17, 15) is 0 Å². The lowest BCUT2D eigenvalue weighted by molar-refractivity contribution is -0.304. The molecule has 6 nitrogen and oxygen atoms in total. The van der Waals surface area contributed by atoms with Gasteiger partial charge in [0, 0.05) is 37.8 Å². The number of aromatic nitrogens is 2. The Labute approximate surface area is 167 Å². The van der Waals surface area contributed by atoms with Crippen LogP contribution >= 0.6 is 0 Å². The molecule has 0 amide bonds. The fourth-order valence-electron chi connectivity index (χ4n) is 5.52. The number of hydrogen-bond acceptors (Lipinski definition) is 5. The number of piperidine rings is 1. The maximum absolute atomic E-state index is 5.27. The first-order chi connectivity index (χ1) is 13.6. The van der Waals surface area contributed by atoms with Gasteiger partial charge in [0.1, 0.15) is 6.10 Å². The van der Waals surface area contributed by atoms with Crippen LogP contribution in [0.25, 0.3) is 0 Å². The van der Waals surface area contributed by atoms with Crippen molar-refractivity contribution in [1.29, 1.82) is 0 Å². The number of aryl methyl sites for hydroxylation is 1. The molecular formula is C22H32N4O2. The highest BCUT2D eigenvalue weighted by atomic mass is 17.2. The minimum atomic E-state index is -0.159. The van der Waals surface area contributed by atoms with E-state index in [1.807, 2.05) is 6.92 Å². The van der Waals surface area contributed by atoms with E-state index in [0.29, 0.717) is 11.5 Å². The summed E-state index contributed by atoms with van der Waals surface area (Å²) in [6, 6.07) is 0.397. The molecule has 1 saturated heterocycles. The molecule has 4 atom stereocenters. The molecule has 0 spiro atoms. The molecule has 4 aliphatic rings. The van der Waals surface area contributed by atoms with Gasteiger partial charge in [-0.15, -0.1) is 0 Å². The van der Waals surface area contributed by atoms with E-state index in [4.69, 9.17) is 14.8 Å². The number of rotatable bonds is 6. The number of imidazole rings is 1. The first-order valence-electron chi connectivity index (χ1n) is 10.8. The zero-order valence-corrected chi connectivity index (χ0v) is 17.3. The second-order valence-corrected chi connectivity index (χ2v) is 8.82. The van der Waals surface area contributed by atoms with Crippen molar-refractivity contribution in [2.45, 2.75) is 51.8 Å². The molecule has 0 aromatic carbocycles. The number of likely N-dealkylation sites (tertiary alicyclic amines) is 1. The third kappa shape index (κ3) is 2.93. The van der Waals surface area contributed by atoms with Gasteiger partial charge in [0.25, 0.3) is 0 Å². The van der Waals surface area contributed by atoms with Crippen LogP contribution in [0.2, 0.25) is 0 Å². The van der Waals surface area contributed by atoms with Gasteiger partial charge < -0.3 is 14.4 Å². The maximum atomic E-state index is 5.27. The molecule has 3 heterocycles. The lowest BCUT2D eigenvalue weighted by Gasteiger charge is -2.36. The van der Waals surface area contributed by atoms with Gasteiger partial charge in [0.05, 0.1) is 18.8 Å². The van der Waals surface area contributed by atoms with Crippen molar-refractivity contribution in [3.63, 3.8) is 0 Å². The van der Waals surface area contributed by atoms with Crippen molar-refractivity contribution in [2.75, 3.05) is 38.2 Å². The smallest absolute Gasteiger partial charge is 0.206 e. The first kappa shape index (κ1) is 18.4. The molecule has 6 heteroatoms. The highest BCUT2D eigenvalue weighted by molar-refractivity contribution is 5.45. The van der Waals surface area contributed by atoms with Crippen molar-refractivity contribution in [3.8, 4) is 0 Å². The van der Waals surface area contributed by atoms with Crippen LogP contribution < -0.4 is 4.90 Å². The predicted octanol–water partition coefficient (Wildman–Crippen LogP) is 3.33. The average Bonchev–Trinajstić information content (AvgIpc) is 3.08. The third-order valence-corrected chi connectivity index (χ3v) is 7.20. The summed E-state index contributed by atoms with van der Waals surface area (Å²) in [7, 11) is 1.55. The van der Waals surface area contributed by atoms with Gasteiger partial charge in [-0.25, -0.2) is 14.8 Å². The van der Waals surface area contributed by atoms with Crippen LogP contribution in [-0.2, 0) is 16.3 Å². The molecule has 4 unspecified atom stereocenters. The third-order valence-electron chi connectivity index (χ3n) is 7.20. The Hall–Kier alpha value is -1.63. The average molecular weight is 385 g/mol. The van der Waals surface area contributed by atoms with Gasteiger partial charge in [-0.1, -0.05) is 25.2 Å². The van der Waals surface area contributed by atoms with Crippen LogP contribution in [0.5, 0.6) is 0 Å². The summed E-state index contributed by atoms with van der Waals surface area (Å²) in [6.45, 7) is 10.1. The highest BCUT2D eigenvalue weighted by Gasteiger charge is 2.60. The Morgan fingerprint density at radius 1 is 1.36 bits per heavy atom. The number of allylic oxidation sites excluding steroid dienone is 1. The second kappa shape index (κ2) is 7.01. The molecule has 1 aromatic rings. The molecule has 0 radical (unpaired) electrons. The first-order valence-corrected chi connectivity index (χ1v) is 10.8. The Morgan fingerprint density at radius 3 is 2.96 bits per heavy atom. The molecule has 1 saturated carbocycles. The van der Waals surface area contributed by atoms with E-state index in [2.05, 4.69) is 45.7 Å². The number of anilines is 1. The van der Waals surface area contributed by atoms with Crippen LogP contribution in [0.3, 0.4) is 0 Å². The van der Waals surface area contributed by atoms with Gasteiger partial charge >= 0.3 is 0 Å². The van der Waals surface area contributed by atoms with Crippen LogP contribution in [0.4, 0.5) is 5.95 Å². The van der Waals surface area contributed by atoms with Crippen molar-refractivity contribution in [2.24, 2.45) is 11.3 Å². The zero-order valence-electron chi connectivity index (χ0n) is 17.3. The van der Waals surface area contributed by atoms with Crippen LogP contribution in [0.1, 0.15) is 44.9 Å². The van der Waals surface area contributed by atoms with Gasteiger partial charge in [0.15, 0.2) is 0 Å². The molecule has 152 valence electrons. The van der Waals surface area contributed by atoms with Crippen molar-refractivity contribution >= 4 is 5.95 Å². The molecule has 28 heavy (non-hydrogen) atoms. The molecule has 2 fully saturated rings. The summed E-state index contributed by atoms with van der Waals surface area (Å²) in [5.41, 5.74) is 3.00. The molecule has 0 N–H and O–H groups in total. The van der Waals surface area contributed by atoms with Crippen LogP contribution in [-0.4, -0.2) is 53.8 Å². The summed E-state index contributed by atoms with van der Waals surface area (Å²) >= 11 is 0. The van der Waals surface area contributed by atoms with E-state index < -0.39 is 0 Å². The molecule has 2 aliphatic heterocycles. The number of fused-ring (bicyclic) bond motifs is 2. The van der Waals surface area contributed by atoms with Crippen LogP contribution in [0, 0.1) is 11.3 Å². The Balaban J connectivity index is 1.31. The van der Waals surface area contributed by atoms with Gasteiger partial charge in [-0.2, -0.15) is 0 Å². The van der Waals surface area contributed by atoms with Crippen molar-refractivity contribution in [1.82, 2.24) is 14.5 Å². The zero-order chi connectivity index (χ0) is 19.3. The summed E-state index contributed by atoms with van der Waals surface area (Å²) < 4.78 is 2.27. The molecule has 1 aromatic heterocycles. The lowest BCUT2D eigenvalue weighted by atomic mass is 9.88. The lowest BCUT2D eigenvalue weighted by Crippen LogP contribution is -2.40. The van der Waals surface area contributed by atoms with Gasteiger partial charge in [-0.3, -0.25) is 0 Å². The molecular weight excluding hydrogens is 352 g/mol. The quantitative estimate of drug-likeness (QED) is 0.556. The summed E-state index contributed by atoms with van der Waals surface area (Å²) in [5.74, 6) is 1.96. The standard InChI is InChI=1S/C22H32N4O2/c1-4-24-13-18-12-22(18,15-24)17-6-8-19(9-7-17)26-11-5-10-25-14-20(23-21(25)26)16(2)28-27-3/h6-8,14,16,18-19H,4-5,9-13,15H2,1-3H3. The highest BCUT2D eigenvalue weighted by Crippen LogP contribution is 2.63. The number of nitrogens with zero attached hydrogens (tertiary/aromatic N) is 4. The minimum absolute atomic E-state index is 0.159. The Bertz CT molecular complexity index is 800. The topological polar surface area (TPSA) is 42.8 Å². The molecule has 5 rings (SSSR count). The maximum Gasteiger partial charge on any atom is 0.206 e. The summed E-state index contributed by atoms with van der Waals surface area (Å²) in [5, 5.41) is 0. The van der Waals surface area contributed by atoms with Crippen LogP contribution in [0.15, 0.2) is 30.0 Å². The van der Waals surface area contributed by atoms with E-state index >= 15 is 0 Å². The summed E-state index contributed by atoms with van der Waals surface area (Å²) in [6.07, 6.45) is 12.9. The largest absolute Gasteiger partial charge is 0.335 e. The normalized spacial score (nSPS) is 32.8. The van der Waals surface area contributed by atoms with Gasteiger partial charge in [-0.05, 0) is 44.2 Å². The summed E-state index contributed by atoms with van der Waals surface area (Å²) in [4.78, 5) is 20.1. The predicted molar refractivity (Wildman–Crippen MR) is 109 cm³/mol. The minimum Gasteiger partial charge on any atom is -0.335 e. The molecule has 2 aliphatic carbocycles. The molecule has 0 bridgehead atoms. The fourth-order valence-corrected chi connectivity index (χ4v) is 5.52. The fraction of sp³-hybridized carbons (Fsp3) is 0.682. The van der Waals surface area contributed by atoms with E-state index in [0.717, 1.165) is 43.5 Å². The SMILES string of the molecule is CCN1CC2CC2(C2=CCC(N3CCCn4cc(C(C)OOC)nc43)C=C2)C1. The second-order valence-electron chi connectivity index (χ2n) is 8.82. The van der Waals surface area contributed by atoms with E-state index in [1.165, 1.54) is 26.1 Å². The number of hydrogen-bond donors (Lipinski definition) is 0. The van der Waals surface area contributed by atoms with Crippen molar-refractivity contribution < 1.29 is 9.78 Å².